The van der Waals surface area contributed by atoms with Gasteiger partial charge in [0.1, 0.15) is 5.75 Å². The lowest BCUT2D eigenvalue weighted by atomic mass is 10.2. The number of halogens is 3. The molecule has 5 nitrogen and oxygen atoms in total. The smallest absolute Gasteiger partial charge is 0.419 e. The van der Waals surface area contributed by atoms with Gasteiger partial charge in [-0.1, -0.05) is 18.2 Å². The number of nitriles is 1. The van der Waals surface area contributed by atoms with E-state index in [0.29, 0.717) is 5.69 Å². The summed E-state index contributed by atoms with van der Waals surface area (Å²) >= 11 is 0. The number of pyridine rings is 1. The monoisotopic (exact) mass is 377 g/mol. The molecule has 1 aromatic carbocycles. The van der Waals surface area contributed by atoms with Crippen molar-refractivity contribution in [2.75, 3.05) is 6.54 Å². The molecule has 0 fully saturated rings. The fraction of sp³-hybridized carbons (Fsp3) is 0.316. The van der Waals surface area contributed by atoms with Crippen molar-refractivity contribution in [1.29, 1.82) is 5.26 Å². The zero-order valence-corrected chi connectivity index (χ0v) is 14.6. The summed E-state index contributed by atoms with van der Waals surface area (Å²) in [5, 5.41) is 8.80. The quantitative estimate of drug-likeness (QED) is 0.736. The van der Waals surface area contributed by atoms with Crippen LogP contribution in [0.3, 0.4) is 0 Å². The van der Waals surface area contributed by atoms with Gasteiger partial charge in [0.05, 0.1) is 30.3 Å². The van der Waals surface area contributed by atoms with Crippen molar-refractivity contribution < 1.29 is 22.7 Å². The van der Waals surface area contributed by atoms with Crippen LogP contribution in [0.1, 0.15) is 24.6 Å². The molecule has 2 aromatic rings. The Morgan fingerprint density at radius 1 is 1.26 bits per heavy atom. The van der Waals surface area contributed by atoms with E-state index in [0.717, 1.165) is 6.07 Å². The number of carbonyl (C=O) groups is 1. The molecule has 2 rings (SSSR count). The van der Waals surface area contributed by atoms with Gasteiger partial charge in [-0.3, -0.25) is 9.78 Å². The highest BCUT2D eigenvalue weighted by atomic mass is 19.4. The van der Waals surface area contributed by atoms with Crippen molar-refractivity contribution in [3.8, 4) is 11.8 Å². The summed E-state index contributed by atoms with van der Waals surface area (Å²) in [4.78, 5) is 18.2. The molecule has 8 heteroatoms. The lowest BCUT2D eigenvalue weighted by Gasteiger charge is -2.26. The molecule has 1 atom stereocenters. The predicted octanol–water partition coefficient (Wildman–Crippen LogP) is 3.81. The molecule has 142 valence electrons. The number of aromatic nitrogens is 1. The molecule has 0 bridgehead atoms. The molecular weight excluding hydrogens is 359 g/mol. The van der Waals surface area contributed by atoms with Crippen molar-refractivity contribution in [1.82, 2.24) is 9.88 Å². The van der Waals surface area contributed by atoms with E-state index in [9.17, 15) is 18.0 Å². The second-order valence-electron chi connectivity index (χ2n) is 5.74. The van der Waals surface area contributed by atoms with E-state index in [-0.39, 0.29) is 19.5 Å². The van der Waals surface area contributed by atoms with E-state index in [4.69, 9.17) is 10.00 Å². The summed E-state index contributed by atoms with van der Waals surface area (Å²) in [5.74, 6) is -0.934. The molecule has 1 heterocycles. The zero-order valence-electron chi connectivity index (χ0n) is 14.6. The van der Waals surface area contributed by atoms with Gasteiger partial charge in [0.15, 0.2) is 6.10 Å². The molecule has 0 aliphatic rings. The van der Waals surface area contributed by atoms with Crippen molar-refractivity contribution in [3.05, 3.63) is 59.9 Å². The summed E-state index contributed by atoms with van der Waals surface area (Å²) < 4.78 is 44.6. The number of amides is 1. The second-order valence-corrected chi connectivity index (χ2v) is 5.74. The Labute approximate surface area is 155 Å². The van der Waals surface area contributed by atoms with Crippen molar-refractivity contribution in [2.45, 2.75) is 32.2 Å². The fourth-order valence-electron chi connectivity index (χ4n) is 2.44. The van der Waals surface area contributed by atoms with Crippen LogP contribution < -0.4 is 4.74 Å². The molecule has 0 saturated carbocycles. The van der Waals surface area contributed by atoms with Gasteiger partial charge < -0.3 is 9.64 Å². The van der Waals surface area contributed by atoms with Gasteiger partial charge in [-0.2, -0.15) is 18.4 Å². The maximum Gasteiger partial charge on any atom is 0.419 e. The summed E-state index contributed by atoms with van der Waals surface area (Å²) in [6.45, 7) is 1.64. The normalized spacial score (nSPS) is 12.1. The molecule has 27 heavy (non-hydrogen) atoms. The Kier molecular flexibility index (Phi) is 6.77. The van der Waals surface area contributed by atoms with E-state index in [2.05, 4.69) is 4.98 Å². The maximum atomic E-state index is 13.1. The number of para-hydroxylation sites is 1. The third-order valence-electron chi connectivity index (χ3n) is 3.73. The molecule has 1 unspecified atom stereocenters. The van der Waals surface area contributed by atoms with Gasteiger partial charge in [0.2, 0.25) is 0 Å². The molecule has 1 amide bonds. The van der Waals surface area contributed by atoms with Crippen LogP contribution in [-0.4, -0.2) is 28.4 Å². The maximum absolute atomic E-state index is 13.1. The largest absolute Gasteiger partial charge is 0.480 e. The summed E-state index contributed by atoms with van der Waals surface area (Å²) in [6.07, 6.45) is -4.09. The van der Waals surface area contributed by atoms with E-state index >= 15 is 0 Å². The Morgan fingerprint density at radius 3 is 2.59 bits per heavy atom. The SMILES string of the molecule is CC(Oc1ccccc1C(F)(F)F)C(=O)N(CCC#N)Cc1ccccn1. The summed E-state index contributed by atoms with van der Waals surface area (Å²) in [7, 11) is 0. The Morgan fingerprint density at radius 2 is 1.96 bits per heavy atom. The molecule has 0 aliphatic carbocycles. The van der Waals surface area contributed by atoms with Crippen LogP contribution in [0.5, 0.6) is 5.75 Å². The molecule has 1 aromatic heterocycles. The lowest BCUT2D eigenvalue weighted by Crippen LogP contribution is -2.41. The van der Waals surface area contributed by atoms with Gasteiger partial charge in [-0.25, -0.2) is 0 Å². The molecule has 0 aliphatic heterocycles. The average Bonchev–Trinajstić information content (AvgIpc) is 2.65. The van der Waals surface area contributed by atoms with Crippen LogP contribution >= 0.6 is 0 Å². The third kappa shape index (κ3) is 5.71. The van der Waals surface area contributed by atoms with Crippen LogP contribution in [0.2, 0.25) is 0 Å². The topological polar surface area (TPSA) is 66.2 Å². The number of hydrogen-bond donors (Lipinski definition) is 0. The van der Waals surface area contributed by atoms with E-state index in [1.807, 2.05) is 6.07 Å². The lowest BCUT2D eigenvalue weighted by molar-refractivity contribution is -0.143. The van der Waals surface area contributed by atoms with Crippen LogP contribution in [0, 0.1) is 11.3 Å². The average molecular weight is 377 g/mol. The van der Waals surface area contributed by atoms with E-state index in [1.54, 1.807) is 24.4 Å². The fourth-order valence-corrected chi connectivity index (χ4v) is 2.44. The van der Waals surface area contributed by atoms with Crippen LogP contribution in [-0.2, 0) is 17.5 Å². The van der Waals surface area contributed by atoms with E-state index < -0.39 is 29.5 Å². The van der Waals surface area contributed by atoms with Gasteiger partial charge in [0.25, 0.3) is 5.91 Å². The number of ether oxygens (including phenoxy) is 1. The highest BCUT2D eigenvalue weighted by Gasteiger charge is 2.35. The number of nitrogens with zero attached hydrogens (tertiary/aromatic N) is 3. The Bertz CT molecular complexity index is 804. The molecule has 0 N–H and O–H groups in total. The van der Waals surface area contributed by atoms with Gasteiger partial charge in [-0.05, 0) is 31.2 Å². The molecule has 0 saturated heterocycles. The highest BCUT2D eigenvalue weighted by Crippen LogP contribution is 2.36. The highest BCUT2D eigenvalue weighted by molar-refractivity contribution is 5.81. The van der Waals surface area contributed by atoms with Gasteiger partial charge in [-0.15, -0.1) is 0 Å². The first-order chi connectivity index (χ1) is 12.8. The van der Waals surface area contributed by atoms with Crippen LogP contribution in [0.15, 0.2) is 48.7 Å². The summed E-state index contributed by atoms with van der Waals surface area (Å²) in [5.41, 5.74) is -0.343. The molecule has 0 spiro atoms. The van der Waals surface area contributed by atoms with Gasteiger partial charge in [0, 0.05) is 12.7 Å². The minimum Gasteiger partial charge on any atom is -0.480 e. The zero-order chi connectivity index (χ0) is 19.9. The van der Waals surface area contributed by atoms with Crippen molar-refractivity contribution in [2.24, 2.45) is 0 Å². The van der Waals surface area contributed by atoms with Crippen molar-refractivity contribution in [3.63, 3.8) is 0 Å². The Balaban J connectivity index is 2.16. The second kappa shape index (κ2) is 9.03. The first-order valence-corrected chi connectivity index (χ1v) is 8.21. The molecule has 0 radical (unpaired) electrons. The van der Waals surface area contributed by atoms with Crippen molar-refractivity contribution >= 4 is 5.91 Å². The Hall–Kier alpha value is -3.08. The predicted molar refractivity (Wildman–Crippen MR) is 91.4 cm³/mol. The summed E-state index contributed by atoms with van der Waals surface area (Å²) in [6, 6.07) is 11.9. The number of alkyl halides is 3. The first-order valence-electron chi connectivity index (χ1n) is 8.21. The number of benzene rings is 1. The minimum atomic E-state index is -4.59. The minimum absolute atomic E-state index is 0.0877. The number of hydrogen-bond acceptors (Lipinski definition) is 4. The van der Waals surface area contributed by atoms with Crippen LogP contribution in [0.4, 0.5) is 13.2 Å². The first kappa shape index (κ1) is 20.2. The van der Waals surface area contributed by atoms with Crippen LogP contribution in [0.25, 0.3) is 0 Å². The van der Waals surface area contributed by atoms with Gasteiger partial charge >= 0.3 is 6.18 Å². The standard InChI is InChI=1S/C19H18F3N3O2/c1-14(27-17-9-3-2-8-16(17)19(20,21)22)18(26)25(12-6-10-23)13-15-7-4-5-11-24-15/h2-5,7-9,11,14H,6,12-13H2,1H3. The number of rotatable bonds is 7. The number of carbonyl (C=O) groups excluding carboxylic acids is 1. The van der Waals surface area contributed by atoms with E-state index in [1.165, 1.54) is 30.0 Å². The molecular formula is C19H18F3N3O2. The third-order valence-corrected chi connectivity index (χ3v) is 3.73.